The van der Waals surface area contributed by atoms with E-state index < -0.39 is 12.0 Å². The Morgan fingerprint density at radius 2 is 2.20 bits per heavy atom. The van der Waals surface area contributed by atoms with Crippen molar-refractivity contribution in [2.24, 2.45) is 0 Å². The van der Waals surface area contributed by atoms with Crippen molar-refractivity contribution in [2.45, 2.75) is 18.9 Å². The molecule has 1 amide bonds. The van der Waals surface area contributed by atoms with Crippen LogP contribution in [0.3, 0.4) is 0 Å². The van der Waals surface area contributed by atoms with E-state index in [4.69, 9.17) is 16.3 Å². The summed E-state index contributed by atoms with van der Waals surface area (Å²) < 4.78 is 6.59. The first kappa shape index (κ1) is 17.4. The Labute approximate surface area is 153 Å². The summed E-state index contributed by atoms with van der Waals surface area (Å²) in [5.41, 5.74) is 1.34. The first-order valence-corrected chi connectivity index (χ1v) is 8.84. The number of carbonyl (C=O) groups is 2. The average molecular weight is 378 g/mol. The van der Waals surface area contributed by atoms with Crippen molar-refractivity contribution in [3.8, 4) is 0 Å². The van der Waals surface area contributed by atoms with Crippen LogP contribution in [0.5, 0.6) is 0 Å². The SMILES string of the molecule is COC(=O)CC(NC(=O)Cc1cn2ccsc2n1)c1ccccc1Cl. The summed E-state index contributed by atoms with van der Waals surface area (Å²) in [6.07, 6.45) is 3.83. The van der Waals surface area contributed by atoms with Crippen LogP contribution < -0.4 is 5.32 Å². The summed E-state index contributed by atoms with van der Waals surface area (Å²) in [5.74, 6) is -0.660. The maximum atomic E-state index is 12.4. The van der Waals surface area contributed by atoms with Gasteiger partial charge in [-0.05, 0) is 11.6 Å². The molecule has 2 aromatic heterocycles. The summed E-state index contributed by atoms with van der Waals surface area (Å²) in [6, 6.07) is 6.54. The van der Waals surface area contributed by atoms with Gasteiger partial charge in [-0.15, -0.1) is 11.3 Å². The van der Waals surface area contributed by atoms with E-state index in [1.165, 1.54) is 18.4 Å². The molecule has 0 fully saturated rings. The van der Waals surface area contributed by atoms with Crippen molar-refractivity contribution in [1.29, 1.82) is 0 Å². The van der Waals surface area contributed by atoms with Crippen LogP contribution in [0.2, 0.25) is 5.02 Å². The first-order chi connectivity index (χ1) is 12.1. The number of halogens is 1. The van der Waals surface area contributed by atoms with E-state index in [9.17, 15) is 9.59 Å². The van der Waals surface area contributed by atoms with E-state index in [1.807, 2.05) is 22.2 Å². The molecule has 3 aromatic rings. The Morgan fingerprint density at radius 1 is 1.40 bits per heavy atom. The minimum Gasteiger partial charge on any atom is -0.469 e. The van der Waals surface area contributed by atoms with E-state index in [-0.39, 0.29) is 18.7 Å². The fourth-order valence-electron chi connectivity index (χ4n) is 2.52. The van der Waals surface area contributed by atoms with Crippen molar-refractivity contribution in [3.05, 3.63) is 58.3 Å². The zero-order chi connectivity index (χ0) is 17.8. The number of aromatic nitrogens is 2. The van der Waals surface area contributed by atoms with Gasteiger partial charge >= 0.3 is 5.97 Å². The molecule has 1 unspecified atom stereocenters. The second-order valence-corrected chi connectivity index (χ2v) is 6.70. The lowest BCUT2D eigenvalue weighted by Gasteiger charge is -2.19. The fourth-order valence-corrected chi connectivity index (χ4v) is 3.50. The van der Waals surface area contributed by atoms with Crippen molar-refractivity contribution in [3.63, 3.8) is 0 Å². The van der Waals surface area contributed by atoms with Crippen LogP contribution >= 0.6 is 22.9 Å². The van der Waals surface area contributed by atoms with Crippen molar-refractivity contribution in [2.75, 3.05) is 7.11 Å². The lowest BCUT2D eigenvalue weighted by Crippen LogP contribution is -2.31. The van der Waals surface area contributed by atoms with Gasteiger partial charge in [0.1, 0.15) is 0 Å². The van der Waals surface area contributed by atoms with E-state index >= 15 is 0 Å². The van der Waals surface area contributed by atoms with E-state index in [0.29, 0.717) is 16.3 Å². The van der Waals surface area contributed by atoms with Crippen molar-refractivity contribution < 1.29 is 14.3 Å². The molecule has 0 aliphatic rings. The van der Waals surface area contributed by atoms with Crippen LogP contribution in [-0.4, -0.2) is 28.4 Å². The molecule has 0 radical (unpaired) electrons. The fraction of sp³-hybridized carbons (Fsp3) is 0.235. The number of nitrogens with zero attached hydrogens (tertiary/aromatic N) is 2. The molecule has 0 bridgehead atoms. The Balaban J connectivity index is 1.74. The molecule has 0 saturated heterocycles. The third-order valence-electron chi connectivity index (χ3n) is 3.70. The van der Waals surface area contributed by atoms with Gasteiger partial charge in [0.25, 0.3) is 0 Å². The number of nitrogens with one attached hydrogen (secondary N) is 1. The molecule has 0 spiro atoms. The largest absolute Gasteiger partial charge is 0.469 e. The molecule has 8 heteroatoms. The number of fused-ring (bicyclic) bond motifs is 1. The van der Waals surface area contributed by atoms with E-state index in [1.54, 1.807) is 24.3 Å². The van der Waals surface area contributed by atoms with Crippen molar-refractivity contribution in [1.82, 2.24) is 14.7 Å². The smallest absolute Gasteiger partial charge is 0.307 e. The Bertz CT molecular complexity index is 877. The molecule has 3 rings (SSSR count). The second-order valence-electron chi connectivity index (χ2n) is 5.42. The number of methoxy groups -OCH3 is 1. The lowest BCUT2D eigenvalue weighted by molar-refractivity contribution is -0.141. The number of ether oxygens (including phenoxy) is 1. The molecule has 0 aliphatic carbocycles. The van der Waals surface area contributed by atoms with E-state index in [2.05, 4.69) is 10.3 Å². The highest BCUT2D eigenvalue weighted by atomic mass is 35.5. The maximum absolute atomic E-state index is 12.4. The summed E-state index contributed by atoms with van der Waals surface area (Å²) in [4.78, 5) is 29.3. The molecule has 1 atom stereocenters. The second kappa shape index (κ2) is 7.67. The maximum Gasteiger partial charge on any atom is 0.307 e. The normalized spacial score (nSPS) is 12.1. The predicted octanol–water partition coefficient (Wildman–Crippen LogP) is 3.01. The highest BCUT2D eigenvalue weighted by Crippen LogP contribution is 2.25. The van der Waals surface area contributed by atoms with Crippen LogP contribution in [0.4, 0.5) is 0 Å². The number of carbonyl (C=O) groups excluding carboxylic acids is 2. The van der Waals surface area contributed by atoms with E-state index in [0.717, 1.165) is 4.96 Å². The van der Waals surface area contributed by atoms with Crippen LogP contribution in [-0.2, 0) is 20.7 Å². The molecule has 130 valence electrons. The minimum absolute atomic E-state index is 0.00422. The van der Waals surface area contributed by atoms with Gasteiger partial charge in [0.15, 0.2) is 4.96 Å². The monoisotopic (exact) mass is 377 g/mol. The van der Waals surface area contributed by atoms with Crippen LogP contribution in [0.25, 0.3) is 4.96 Å². The molecular weight excluding hydrogens is 362 g/mol. The number of hydrogen-bond acceptors (Lipinski definition) is 5. The zero-order valence-electron chi connectivity index (χ0n) is 13.4. The number of esters is 1. The Morgan fingerprint density at radius 3 is 2.92 bits per heavy atom. The van der Waals surface area contributed by atoms with Crippen LogP contribution in [0.15, 0.2) is 42.0 Å². The third kappa shape index (κ3) is 4.18. The summed E-state index contributed by atoms with van der Waals surface area (Å²) >= 11 is 7.71. The summed E-state index contributed by atoms with van der Waals surface area (Å²) in [6.45, 7) is 0. The quantitative estimate of drug-likeness (QED) is 0.670. The predicted molar refractivity (Wildman–Crippen MR) is 95.7 cm³/mol. The van der Waals surface area contributed by atoms with Gasteiger partial charge in [-0.3, -0.25) is 14.0 Å². The average Bonchev–Trinajstić information content (AvgIpc) is 3.15. The van der Waals surface area contributed by atoms with Gasteiger partial charge in [0.2, 0.25) is 5.91 Å². The molecule has 2 heterocycles. The first-order valence-electron chi connectivity index (χ1n) is 7.58. The van der Waals surface area contributed by atoms with Crippen LogP contribution in [0.1, 0.15) is 23.7 Å². The van der Waals surface area contributed by atoms with Gasteiger partial charge in [0.05, 0.1) is 31.7 Å². The molecule has 1 N–H and O–H groups in total. The molecule has 1 aromatic carbocycles. The number of hydrogen-bond donors (Lipinski definition) is 1. The molecular formula is C17H16ClN3O3S. The molecule has 25 heavy (non-hydrogen) atoms. The number of amides is 1. The highest BCUT2D eigenvalue weighted by molar-refractivity contribution is 7.15. The lowest BCUT2D eigenvalue weighted by atomic mass is 10.0. The highest BCUT2D eigenvalue weighted by Gasteiger charge is 2.21. The molecule has 0 aliphatic heterocycles. The topological polar surface area (TPSA) is 72.7 Å². The Kier molecular flexibility index (Phi) is 5.35. The zero-order valence-corrected chi connectivity index (χ0v) is 15.0. The van der Waals surface area contributed by atoms with Crippen molar-refractivity contribution >= 4 is 39.8 Å². The van der Waals surface area contributed by atoms with Gasteiger partial charge in [-0.1, -0.05) is 29.8 Å². The third-order valence-corrected chi connectivity index (χ3v) is 4.81. The Hall–Kier alpha value is -2.38. The standard InChI is InChI=1S/C17H16ClN3O3S/c1-24-16(23)9-14(12-4-2-3-5-13(12)18)20-15(22)8-11-10-21-6-7-25-17(21)19-11/h2-7,10,14H,8-9H2,1H3,(H,20,22). The number of imidazole rings is 1. The molecule has 0 saturated carbocycles. The number of benzene rings is 1. The summed E-state index contributed by atoms with van der Waals surface area (Å²) in [5, 5.41) is 5.27. The van der Waals surface area contributed by atoms with Crippen LogP contribution in [0, 0.1) is 0 Å². The van der Waals surface area contributed by atoms with Gasteiger partial charge in [-0.25, -0.2) is 4.98 Å². The van der Waals surface area contributed by atoms with Gasteiger partial charge < -0.3 is 10.1 Å². The van der Waals surface area contributed by atoms with Gasteiger partial charge in [-0.2, -0.15) is 0 Å². The summed E-state index contributed by atoms with van der Waals surface area (Å²) in [7, 11) is 1.31. The molecule has 6 nitrogen and oxygen atoms in total. The minimum atomic E-state index is -0.558. The number of thiazole rings is 1. The van der Waals surface area contributed by atoms with Gasteiger partial charge in [0, 0.05) is 22.8 Å². The number of rotatable bonds is 6.